The number of ether oxygens (including phenoxy) is 1. The second-order valence-electron chi connectivity index (χ2n) is 5.53. The molecule has 0 aliphatic carbocycles. The van der Waals surface area contributed by atoms with Crippen molar-refractivity contribution in [3.8, 4) is 0 Å². The minimum Gasteiger partial charge on any atom is -0.385 e. The largest absolute Gasteiger partial charge is 0.385 e. The van der Waals surface area contributed by atoms with Gasteiger partial charge in [0.1, 0.15) is 0 Å². The van der Waals surface area contributed by atoms with Crippen LogP contribution in [0.3, 0.4) is 0 Å². The van der Waals surface area contributed by atoms with Crippen LogP contribution in [0.15, 0.2) is 18.2 Å². The molecule has 0 amide bonds. The molecule has 19 heavy (non-hydrogen) atoms. The molecule has 0 radical (unpaired) electrons. The molecule has 1 N–H and O–H groups in total. The molecular formula is C16H26N2O. The molecule has 0 atom stereocenters. The van der Waals surface area contributed by atoms with Crippen molar-refractivity contribution in [2.45, 2.75) is 39.3 Å². The summed E-state index contributed by atoms with van der Waals surface area (Å²) < 4.78 is 5.22. The van der Waals surface area contributed by atoms with Crippen molar-refractivity contribution in [3.63, 3.8) is 0 Å². The van der Waals surface area contributed by atoms with E-state index in [1.807, 2.05) is 0 Å². The summed E-state index contributed by atoms with van der Waals surface area (Å²) in [4.78, 5) is 2.48. The number of rotatable bonds is 6. The number of anilines is 1. The van der Waals surface area contributed by atoms with Crippen LogP contribution in [0.5, 0.6) is 0 Å². The van der Waals surface area contributed by atoms with E-state index in [-0.39, 0.29) is 0 Å². The predicted molar refractivity (Wildman–Crippen MR) is 80.7 cm³/mol. The molecule has 1 heterocycles. The maximum atomic E-state index is 5.22. The minimum atomic E-state index is 0.544. The summed E-state index contributed by atoms with van der Waals surface area (Å²) in [6.07, 6.45) is 2.44. The molecule has 0 saturated carbocycles. The molecule has 0 bridgehead atoms. The molecule has 3 heteroatoms. The molecule has 2 rings (SSSR count). The Hall–Kier alpha value is -1.06. The SMILES string of the molecule is COCCN(Cc1cccc2c1CCCN2)C(C)C. The van der Waals surface area contributed by atoms with Crippen LogP contribution in [0, 0.1) is 0 Å². The molecule has 1 aromatic carbocycles. The molecule has 0 fully saturated rings. The van der Waals surface area contributed by atoms with Gasteiger partial charge in [-0.25, -0.2) is 0 Å². The zero-order valence-electron chi connectivity index (χ0n) is 12.4. The lowest BCUT2D eigenvalue weighted by atomic mass is 9.97. The molecule has 0 unspecified atom stereocenters. The van der Waals surface area contributed by atoms with Gasteiger partial charge >= 0.3 is 0 Å². The van der Waals surface area contributed by atoms with E-state index >= 15 is 0 Å². The van der Waals surface area contributed by atoms with Crippen LogP contribution in [0.25, 0.3) is 0 Å². The summed E-state index contributed by atoms with van der Waals surface area (Å²) in [5.74, 6) is 0. The summed E-state index contributed by atoms with van der Waals surface area (Å²) in [7, 11) is 1.77. The average Bonchev–Trinajstić information content (AvgIpc) is 2.43. The molecule has 0 spiro atoms. The van der Waals surface area contributed by atoms with Crippen LogP contribution >= 0.6 is 0 Å². The quantitative estimate of drug-likeness (QED) is 0.853. The lowest BCUT2D eigenvalue weighted by molar-refractivity contribution is 0.125. The highest BCUT2D eigenvalue weighted by molar-refractivity contribution is 5.56. The summed E-state index contributed by atoms with van der Waals surface area (Å²) in [5.41, 5.74) is 4.31. The van der Waals surface area contributed by atoms with Gasteiger partial charge in [0.05, 0.1) is 6.61 Å². The molecular weight excluding hydrogens is 236 g/mol. The van der Waals surface area contributed by atoms with Crippen LogP contribution in [0.4, 0.5) is 5.69 Å². The third-order valence-corrected chi connectivity index (χ3v) is 3.88. The van der Waals surface area contributed by atoms with Gasteiger partial charge < -0.3 is 10.1 Å². The molecule has 106 valence electrons. The molecule has 1 aromatic rings. The van der Waals surface area contributed by atoms with Crippen LogP contribution in [-0.4, -0.2) is 37.7 Å². The van der Waals surface area contributed by atoms with E-state index in [4.69, 9.17) is 4.74 Å². The van der Waals surface area contributed by atoms with Gasteiger partial charge in [-0.15, -0.1) is 0 Å². The van der Waals surface area contributed by atoms with Gasteiger partial charge in [0, 0.05) is 38.5 Å². The first kappa shape index (κ1) is 14.4. The van der Waals surface area contributed by atoms with Crippen molar-refractivity contribution in [2.75, 3.05) is 32.1 Å². The standard InChI is InChI=1S/C16H26N2O/c1-13(2)18(10-11-19-3)12-14-6-4-8-16-15(14)7-5-9-17-16/h4,6,8,13,17H,5,7,9-12H2,1-3H3. The van der Waals surface area contributed by atoms with E-state index in [2.05, 4.69) is 42.3 Å². The van der Waals surface area contributed by atoms with Gasteiger partial charge in [-0.1, -0.05) is 12.1 Å². The van der Waals surface area contributed by atoms with Crippen LogP contribution < -0.4 is 5.32 Å². The molecule has 0 aromatic heterocycles. The first-order chi connectivity index (χ1) is 9.22. The lowest BCUT2D eigenvalue weighted by Crippen LogP contribution is -2.33. The summed E-state index contributed by atoms with van der Waals surface area (Å²) in [6, 6.07) is 7.19. The summed E-state index contributed by atoms with van der Waals surface area (Å²) in [5, 5.41) is 3.51. The van der Waals surface area contributed by atoms with E-state index in [1.54, 1.807) is 7.11 Å². The number of hydrogen-bond donors (Lipinski definition) is 1. The third kappa shape index (κ3) is 3.71. The van der Waals surface area contributed by atoms with Gasteiger partial charge in [-0.3, -0.25) is 4.90 Å². The topological polar surface area (TPSA) is 24.5 Å². The van der Waals surface area contributed by atoms with Gasteiger partial charge in [0.2, 0.25) is 0 Å². The molecule has 3 nitrogen and oxygen atoms in total. The second kappa shape index (κ2) is 6.92. The lowest BCUT2D eigenvalue weighted by Gasteiger charge is -2.29. The van der Waals surface area contributed by atoms with E-state index in [9.17, 15) is 0 Å². The molecule has 1 aliphatic rings. The fourth-order valence-corrected chi connectivity index (χ4v) is 2.68. The number of benzene rings is 1. The Morgan fingerprint density at radius 1 is 1.37 bits per heavy atom. The number of methoxy groups -OCH3 is 1. The van der Waals surface area contributed by atoms with E-state index in [0.717, 1.165) is 26.2 Å². The summed E-state index contributed by atoms with van der Waals surface area (Å²) >= 11 is 0. The zero-order valence-corrected chi connectivity index (χ0v) is 12.4. The predicted octanol–water partition coefficient (Wildman–Crippen LogP) is 2.90. The fraction of sp³-hybridized carbons (Fsp3) is 0.625. The zero-order chi connectivity index (χ0) is 13.7. The monoisotopic (exact) mass is 262 g/mol. The van der Waals surface area contributed by atoms with Gasteiger partial charge in [-0.2, -0.15) is 0 Å². The number of nitrogens with zero attached hydrogens (tertiary/aromatic N) is 1. The first-order valence-corrected chi connectivity index (χ1v) is 7.30. The highest BCUT2D eigenvalue weighted by Gasteiger charge is 2.16. The number of hydrogen-bond acceptors (Lipinski definition) is 3. The Labute approximate surface area is 116 Å². The van der Waals surface area contributed by atoms with Crippen LogP contribution in [0.1, 0.15) is 31.4 Å². The fourth-order valence-electron chi connectivity index (χ4n) is 2.68. The van der Waals surface area contributed by atoms with Gasteiger partial charge in [0.15, 0.2) is 0 Å². The second-order valence-corrected chi connectivity index (χ2v) is 5.53. The van der Waals surface area contributed by atoms with Crippen molar-refractivity contribution in [3.05, 3.63) is 29.3 Å². The van der Waals surface area contributed by atoms with Crippen molar-refractivity contribution in [1.82, 2.24) is 4.90 Å². The van der Waals surface area contributed by atoms with Crippen molar-refractivity contribution < 1.29 is 4.74 Å². The maximum absolute atomic E-state index is 5.22. The van der Waals surface area contributed by atoms with Crippen molar-refractivity contribution >= 4 is 5.69 Å². The Morgan fingerprint density at radius 3 is 2.95 bits per heavy atom. The van der Waals surface area contributed by atoms with E-state index in [0.29, 0.717) is 6.04 Å². The minimum absolute atomic E-state index is 0.544. The summed E-state index contributed by atoms with van der Waals surface area (Å²) in [6.45, 7) is 8.42. The van der Waals surface area contributed by atoms with Crippen molar-refractivity contribution in [2.24, 2.45) is 0 Å². The Bertz CT molecular complexity index is 404. The van der Waals surface area contributed by atoms with Crippen LogP contribution in [0.2, 0.25) is 0 Å². The first-order valence-electron chi connectivity index (χ1n) is 7.30. The number of nitrogens with one attached hydrogen (secondary N) is 1. The van der Waals surface area contributed by atoms with E-state index in [1.165, 1.54) is 29.7 Å². The Morgan fingerprint density at radius 2 is 2.21 bits per heavy atom. The smallest absolute Gasteiger partial charge is 0.0589 e. The average molecular weight is 262 g/mol. The van der Waals surface area contributed by atoms with Gasteiger partial charge in [-0.05, 0) is 43.9 Å². The molecule has 1 aliphatic heterocycles. The van der Waals surface area contributed by atoms with E-state index < -0.39 is 0 Å². The Kier molecular flexibility index (Phi) is 5.23. The normalized spacial score (nSPS) is 14.6. The Balaban J connectivity index is 2.12. The molecule has 0 saturated heterocycles. The number of fused-ring (bicyclic) bond motifs is 1. The third-order valence-electron chi connectivity index (χ3n) is 3.88. The maximum Gasteiger partial charge on any atom is 0.0589 e. The van der Waals surface area contributed by atoms with Crippen LogP contribution in [-0.2, 0) is 17.7 Å². The highest BCUT2D eigenvalue weighted by Crippen LogP contribution is 2.26. The highest BCUT2D eigenvalue weighted by atomic mass is 16.5. The van der Waals surface area contributed by atoms with Gasteiger partial charge in [0.25, 0.3) is 0 Å². The van der Waals surface area contributed by atoms with Crippen molar-refractivity contribution in [1.29, 1.82) is 0 Å².